The molecule has 2 fully saturated rings. The van der Waals surface area contributed by atoms with Crippen LogP contribution in [-0.2, 0) is 5.41 Å². The third kappa shape index (κ3) is 4.01. The molecule has 3 nitrogen and oxygen atoms in total. The van der Waals surface area contributed by atoms with Gasteiger partial charge in [0.1, 0.15) is 5.82 Å². The molecule has 28 heavy (non-hydrogen) atoms. The van der Waals surface area contributed by atoms with Gasteiger partial charge in [-0.3, -0.25) is 0 Å². The predicted molar refractivity (Wildman–Crippen MR) is 119 cm³/mol. The van der Waals surface area contributed by atoms with Gasteiger partial charge in [-0.05, 0) is 67.8 Å². The highest BCUT2D eigenvalue weighted by Crippen LogP contribution is 2.40. The summed E-state index contributed by atoms with van der Waals surface area (Å²) in [5, 5.41) is 0. The number of hydrogen-bond acceptors (Lipinski definition) is 2. The molecule has 2 atom stereocenters. The molecule has 0 unspecified atom stereocenters. The quantitative estimate of drug-likeness (QED) is 0.563. The molecule has 2 aliphatic rings. The minimum atomic E-state index is 0.264. The minimum absolute atomic E-state index is 0.264. The number of unbranched alkanes of at least 4 members (excludes halogenated alkanes) is 3. The molecule has 1 N–H and O–H groups in total. The van der Waals surface area contributed by atoms with Crippen molar-refractivity contribution < 1.29 is 0 Å². The van der Waals surface area contributed by atoms with E-state index < -0.39 is 0 Å². The fourth-order valence-corrected chi connectivity index (χ4v) is 5.48. The lowest BCUT2D eigenvalue weighted by molar-refractivity contribution is 0.109. The highest BCUT2D eigenvalue weighted by atomic mass is 15.1. The lowest BCUT2D eigenvalue weighted by atomic mass is 9.68. The van der Waals surface area contributed by atoms with E-state index >= 15 is 0 Å². The second-order valence-corrected chi connectivity index (χ2v) is 9.77. The molecule has 1 aromatic carbocycles. The van der Waals surface area contributed by atoms with Crippen LogP contribution in [-0.4, -0.2) is 34.5 Å². The molecule has 0 spiro atoms. The Labute approximate surface area is 171 Å². The largest absolute Gasteiger partial charge is 0.342 e. The first-order valence-electron chi connectivity index (χ1n) is 11.8. The molecule has 0 radical (unpaired) electrons. The number of benzene rings is 1. The number of H-pyrrole nitrogens is 1. The van der Waals surface area contributed by atoms with Crippen LogP contribution in [0.5, 0.6) is 0 Å². The van der Waals surface area contributed by atoms with E-state index in [1.807, 2.05) is 0 Å². The number of aromatic amines is 1. The van der Waals surface area contributed by atoms with Crippen LogP contribution < -0.4 is 0 Å². The highest BCUT2D eigenvalue weighted by Gasteiger charge is 2.38. The Balaban J connectivity index is 1.46. The molecule has 1 aliphatic heterocycles. The van der Waals surface area contributed by atoms with Crippen molar-refractivity contribution in [1.82, 2.24) is 14.9 Å². The maximum atomic E-state index is 5.01. The zero-order valence-electron chi connectivity index (χ0n) is 18.3. The van der Waals surface area contributed by atoms with E-state index in [0.29, 0.717) is 11.8 Å². The summed E-state index contributed by atoms with van der Waals surface area (Å²) in [6.45, 7) is 11.0. The molecule has 2 aromatic rings. The Morgan fingerprint density at radius 1 is 1.18 bits per heavy atom. The summed E-state index contributed by atoms with van der Waals surface area (Å²) in [5.41, 5.74) is 4.15. The van der Waals surface area contributed by atoms with Gasteiger partial charge in [0, 0.05) is 12.5 Å². The highest BCUT2D eigenvalue weighted by molar-refractivity contribution is 5.76. The Morgan fingerprint density at radius 2 is 2.00 bits per heavy atom. The number of imidazole rings is 1. The van der Waals surface area contributed by atoms with Crippen LogP contribution in [0.3, 0.4) is 0 Å². The molecule has 1 saturated heterocycles. The number of nitrogens with zero attached hydrogens (tertiary/aromatic N) is 2. The first-order valence-corrected chi connectivity index (χ1v) is 11.8. The van der Waals surface area contributed by atoms with Gasteiger partial charge in [-0.2, -0.15) is 0 Å². The van der Waals surface area contributed by atoms with Crippen LogP contribution in [0.1, 0.15) is 95.9 Å². The van der Waals surface area contributed by atoms with E-state index in [9.17, 15) is 0 Å². The number of fused-ring (bicyclic) bond motifs is 1. The van der Waals surface area contributed by atoms with E-state index in [1.165, 1.54) is 99.8 Å². The molecule has 0 bridgehead atoms. The maximum absolute atomic E-state index is 5.01. The Kier molecular flexibility index (Phi) is 6.10. The fourth-order valence-electron chi connectivity index (χ4n) is 5.48. The lowest BCUT2D eigenvalue weighted by Crippen LogP contribution is -2.47. The first-order chi connectivity index (χ1) is 13.6. The normalized spacial score (nSPS) is 27.0. The Hall–Kier alpha value is -1.35. The molecule has 154 valence electrons. The van der Waals surface area contributed by atoms with Crippen LogP contribution in [0, 0.1) is 5.92 Å². The summed E-state index contributed by atoms with van der Waals surface area (Å²) in [7, 11) is 0. The van der Waals surface area contributed by atoms with Crippen molar-refractivity contribution in [2.24, 2.45) is 5.92 Å². The Bertz CT molecular complexity index is 773. The average Bonchev–Trinajstić information content (AvgIpc) is 3.36. The standard InChI is InChI=1S/C25H39N3/c1-4-5-6-9-15-28-16-14-25(3,19(2)18-28)21-12-13-22-23(17-21)27-24(26-22)20-10-7-8-11-20/h12-13,17,19-20H,4-11,14-16,18H2,1-3H3,(H,26,27)/t19-,25-/m0/s1. The smallest absolute Gasteiger partial charge is 0.110 e. The molecular formula is C25H39N3. The molecule has 2 heterocycles. The number of piperidine rings is 1. The lowest BCUT2D eigenvalue weighted by Gasteiger charge is -2.45. The van der Waals surface area contributed by atoms with Gasteiger partial charge in [-0.1, -0.05) is 58.9 Å². The number of nitrogens with one attached hydrogen (secondary N) is 1. The fraction of sp³-hybridized carbons (Fsp3) is 0.720. The van der Waals surface area contributed by atoms with Gasteiger partial charge < -0.3 is 9.88 Å². The van der Waals surface area contributed by atoms with Gasteiger partial charge in [0.25, 0.3) is 0 Å². The molecule has 3 heteroatoms. The van der Waals surface area contributed by atoms with Crippen LogP contribution >= 0.6 is 0 Å². The van der Waals surface area contributed by atoms with Crippen molar-refractivity contribution in [2.45, 2.75) is 89.9 Å². The molecule has 4 rings (SSSR count). The summed E-state index contributed by atoms with van der Waals surface area (Å²) in [5.74, 6) is 2.56. The number of likely N-dealkylation sites (tertiary alicyclic amines) is 1. The molecule has 1 saturated carbocycles. The maximum Gasteiger partial charge on any atom is 0.110 e. The van der Waals surface area contributed by atoms with E-state index in [2.05, 4.69) is 48.9 Å². The van der Waals surface area contributed by atoms with Crippen molar-refractivity contribution in [3.63, 3.8) is 0 Å². The van der Waals surface area contributed by atoms with Crippen LogP contribution in [0.2, 0.25) is 0 Å². The second kappa shape index (κ2) is 8.57. The monoisotopic (exact) mass is 381 g/mol. The van der Waals surface area contributed by atoms with E-state index in [4.69, 9.17) is 4.98 Å². The summed E-state index contributed by atoms with van der Waals surface area (Å²) >= 11 is 0. The van der Waals surface area contributed by atoms with Gasteiger partial charge in [-0.15, -0.1) is 0 Å². The van der Waals surface area contributed by atoms with Crippen LogP contribution in [0.4, 0.5) is 0 Å². The summed E-state index contributed by atoms with van der Waals surface area (Å²) < 4.78 is 0. The van der Waals surface area contributed by atoms with Crippen LogP contribution in [0.25, 0.3) is 11.0 Å². The van der Waals surface area contributed by atoms with Gasteiger partial charge in [0.15, 0.2) is 0 Å². The van der Waals surface area contributed by atoms with Crippen molar-refractivity contribution in [3.05, 3.63) is 29.6 Å². The zero-order valence-corrected chi connectivity index (χ0v) is 18.3. The summed E-state index contributed by atoms with van der Waals surface area (Å²) in [6.07, 6.45) is 12.0. The van der Waals surface area contributed by atoms with Gasteiger partial charge in [0.2, 0.25) is 0 Å². The second-order valence-electron chi connectivity index (χ2n) is 9.77. The third-order valence-corrected chi connectivity index (χ3v) is 7.80. The van der Waals surface area contributed by atoms with Gasteiger partial charge in [-0.25, -0.2) is 4.98 Å². The topological polar surface area (TPSA) is 31.9 Å². The van der Waals surface area contributed by atoms with Crippen molar-refractivity contribution in [3.8, 4) is 0 Å². The van der Waals surface area contributed by atoms with Crippen molar-refractivity contribution in [2.75, 3.05) is 19.6 Å². The predicted octanol–water partition coefficient (Wildman–Crippen LogP) is 6.40. The number of hydrogen-bond donors (Lipinski definition) is 1. The third-order valence-electron chi connectivity index (χ3n) is 7.80. The molecule has 1 aromatic heterocycles. The van der Waals surface area contributed by atoms with Crippen molar-refractivity contribution in [1.29, 1.82) is 0 Å². The average molecular weight is 382 g/mol. The van der Waals surface area contributed by atoms with Gasteiger partial charge in [0.05, 0.1) is 11.0 Å². The van der Waals surface area contributed by atoms with Crippen LogP contribution in [0.15, 0.2) is 18.2 Å². The summed E-state index contributed by atoms with van der Waals surface area (Å²) in [6, 6.07) is 7.04. The van der Waals surface area contributed by atoms with Gasteiger partial charge >= 0.3 is 0 Å². The molecular weight excluding hydrogens is 342 g/mol. The number of aromatic nitrogens is 2. The van der Waals surface area contributed by atoms with E-state index in [0.717, 1.165) is 0 Å². The first kappa shape index (κ1) is 19.9. The zero-order chi connectivity index (χ0) is 19.6. The van der Waals surface area contributed by atoms with Crippen molar-refractivity contribution >= 4 is 11.0 Å². The van der Waals surface area contributed by atoms with E-state index in [-0.39, 0.29) is 5.41 Å². The molecule has 1 aliphatic carbocycles. The van der Waals surface area contributed by atoms with E-state index in [1.54, 1.807) is 0 Å². The Morgan fingerprint density at radius 3 is 2.75 bits per heavy atom. The molecule has 0 amide bonds. The minimum Gasteiger partial charge on any atom is -0.342 e. The SMILES string of the molecule is CCCCCCN1CC[C@](C)(c2ccc3[nH]c(C4CCCC4)nc3c2)[C@@H](C)C1. The number of rotatable bonds is 7. The summed E-state index contributed by atoms with van der Waals surface area (Å²) in [4.78, 5) is 11.3.